The van der Waals surface area contributed by atoms with E-state index in [1.807, 2.05) is 49.6 Å². The molecule has 5 nitrogen and oxygen atoms in total. The molecule has 2 heterocycles. The fourth-order valence-corrected chi connectivity index (χ4v) is 3.07. The molecule has 2 aromatic carbocycles. The molecular formula is C17H12ClN3O2S. The second-order valence-corrected chi connectivity index (χ2v) is 6.47. The van der Waals surface area contributed by atoms with Gasteiger partial charge in [-0.3, -0.25) is 0 Å². The maximum absolute atomic E-state index is 6.26. The molecule has 0 saturated carbocycles. The van der Waals surface area contributed by atoms with E-state index < -0.39 is 0 Å². The minimum atomic E-state index is 0.391. The number of hydrogen-bond acceptors (Lipinski definition) is 6. The molecule has 0 spiro atoms. The highest BCUT2D eigenvalue weighted by molar-refractivity contribution is 7.98. The van der Waals surface area contributed by atoms with E-state index in [1.54, 1.807) is 11.8 Å². The molecule has 0 amide bonds. The number of rotatable bonds is 3. The number of benzene rings is 2. The van der Waals surface area contributed by atoms with Gasteiger partial charge in [0.05, 0.1) is 10.6 Å². The van der Waals surface area contributed by atoms with Gasteiger partial charge in [-0.2, -0.15) is 4.98 Å². The summed E-state index contributed by atoms with van der Waals surface area (Å²) in [6.07, 6.45) is 2.00. The van der Waals surface area contributed by atoms with Crippen molar-refractivity contribution >= 4 is 34.5 Å². The molecule has 0 saturated heterocycles. The van der Waals surface area contributed by atoms with E-state index in [9.17, 15) is 0 Å². The van der Waals surface area contributed by atoms with E-state index in [1.165, 1.54) is 0 Å². The van der Waals surface area contributed by atoms with Crippen LogP contribution < -0.4 is 0 Å². The van der Waals surface area contributed by atoms with E-state index >= 15 is 0 Å². The normalized spacial score (nSPS) is 11.3. The van der Waals surface area contributed by atoms with Crippen molar-refractivity contribution in [2.45, 2.75) is 11.8 Å². The molecule has 120 valence electrons. The molecule has 0 bridgehead atoms. The Morgan fingerprint density at radius 3 is 2.79 bits per heavy atom. The molecule has 4 rings (SSSR count). The summed E-state index contributed by atoms with van der Waals surface area (Å²) in [5, 5.41) is 4.64. The third kappa shape index (κ3) is 2.68. The summed E-state index contributed by atoms with van der Waals surface area (Å²) >= 11 is 7.89. The number of halogens is 1. The lowest BCUT2D eigenvalue weighted by Crippen LogP contribution is -1.83. The molecule has 7 heteroatoms. The van der Waals surface area contributed by atoms with E-state index in [-0.39, 0.29) is 0 Å². The van der Waals surface area contributed by atoms with Crippen molar-refractivity contribution in [2.24, 2.45) is 0 Å². The van der Waals surface area contributed by atoms with Crippen LogP contribution in [0.2, 0.25) is 5.02 Å². The number of aromatic nitrogens is 3. The van der Waals surface area contributed by atoms with Crippen LogP contribution in [0.15, 0.2) is 50.2 Å². The highest BCUT2D eigenvalue weighted by atomic mass is 35.5. The van der Waals surface area contributed by atoms with E-state index in [4.69, 9.17) is 20.5 Å². The maximum Gasteiger partial charge on any atom is 0.259 e. The second-order valence-electron chi connectivity index (χ2n) is 5.18. The molecule has 0 radical (unpaired) electrons. The Balaban J connectivity index is 1.76. The van der Waals surface area contributed by atoms with Crippen LogP contribution in [0.1, 0.15) is 5.89 Å². The number of aryl methyl sites for hydroxylation is 1. The maximum atomic E-state index is 6.26. The Bertz CT molecular complexity index is 1040. The first-order valence-corrected chi connectivity index (χ1v) is 8.79. The average Bonchev–Trinajstić information content (AvgIpc) is 3.20. The summed E-state index contributed by atoms with van der Waals surface area (Å²) in [5.74, 6) is 1.50. The Kier molecular flexibility index (Phi) is 3.78. The molecule has 0 unspecified atom stereocenters. The lowest BCUT2D eigenvalue weighted by molar-refractivity contribution is 0.432. The van der Waals surface area contributed by atoms with Crippen molar-refractivity contribution in [3.8, 4) is 22.8 Å². The largest absolute Gasteiger partial charge is 0.441 e. The summed E-state index contributed by atoms with van der Waals surface area (Å²) < 4.78 is 10.9. The van der Waals surface area contributed by atoms with Crippen LogP contribution in [0, 0.1) is 6.92 Å². The number of thioether (sulfide) groups is 1. The van der Waals surface area contributed by atoms with E-state index in [0.29, 0.717) is 22.6 Å². The third-order valence-corrected chi connectivity index (χ3v) is 4.64. The SMILES string of the molecule is CSc1ccc(Cl)c(-c2nc(-c3ccc4oc(C)nc4c3)no2)c1. The van der Waals surface area contributed by atoms with Gasteiger partial charge in [0.1, 0.15) is 5.52 Å². The summed E-state index contributed by atoms with van der Waals surface area (Å²) in [5.41, 5.74) is 3.03. The van der Waals surface area contributed by atoms with Crippen molar-refractivity contribution in [3.05, 3.63) is 47.3 Å². The standard InChI is InChI=1S/C17H12ClN3O2S/c1-9-19-14-7-10(3-6-15(14)22-9)16-20-17(23-21-16)12-8-11(24-2)4-5-13(12)18/h3-8H,1-2H3. The fourth-order valence-electron chi connectivity index (χ4n) is 2.43. The molecule has 4 aromatic rings. The predicted octanol–water partition coefficient (Wildman–Crippen LogP) is 5.23. The van der Waals surface area contributed by atoms with Crippen molar-refractivity contribution in [3.63, 3.8) is 0 Å². The van der Waals surface area contributed by atoms with Gasteiger partial charge in [-0.05, 0) is 42.7 Å². The van der Waals surface area contributed by atoms with Crippen LogP contribution in [0.25, 0.3) is 33.9 Å². The van der Waals surface area contributed by atoms with E-state index in [0.717, 1.165) is 27.1 Å². The van der Waals surface area contributed by atoms with Gasteiger partial charge >= 0.3 is 0 Å². The van der Waals surface area contributed by atoms with Gasteiger partial charge in [-0.15, -0.1) is 11.8 Å². The summed E-state index contributed by atoms with van der Waals surface area (Å²) in [4.78, 5) is 9.87. The Morgan fingerprint density at radius 1 is 1.08 bits per heavy atom. The molecule has 24 heavy (non-hydrogen) atoms. The predicted molar refractivity (Wildman–Crippen MR) is 94.3 cm³/mol. The van der Waals surface area contributed by atoms with Crippen LogP contribution in [0.3, 0.4) is 0 Å². The van der Waals surface area contributed by atoms with Crippen molar-refractivity contribution in [1.82, 2.24) is 15.1 Å². The van der Waals surface area contributed by atoms with Crippen LogP contribution in [0.5, 0.6) is 0 Å². The quantitative estimate of drug-likeness (QED) is 0.468. The van der Waals surface area contributed by atoms with E-state index in [2.05, 4.69) is 15.1 Å². The van der Waals surface area contributed by atoms with Gasteiger partial charge in [0, 0.05) is 17.4 Å². The first-order valence-electron chi connectivity index (χ1n) is 7.19. The number of hydrogen-bond donors (Lipinski definition) is 0. The van der Waals surface area contributed by atoms with Crippen molar-refractivity contribution in [1.29, 1.82) is 0 Å². The highest BCUT2D eigenvalue weighted by Crippen LogP contribution is 2.32. The molecule has 0 aliphatic rings. The zero-order valence-corrected chi connectivity index (χ0v) is 14.5. The second kappa shape index (κ2) is 5.96. The van der Waals surface area contributed by atoms with Crippen molar-refractivity contribution in [2.75, 3.05) is 6.26 Å². The monoisotopic (exact) mass is 357 g/mol. The Labute approximate surface area is 147 Å². The van der Waals surface area contributed by atoms with Crippen LogP contribution >= 0.6 is 23.4 Å². The van der Waals surface area contributed by atoms with Gasteiger partial charge in [-0.25, -0.2) is 4.98 Å². The molecule has 0 atom stereocenters. The molecule has 0 aliphatic heterocycles. The molecular weight excluding hydrogens is 346 g/mol. The lowest BCUT2D eigenvalue weighted by atomic mass is 10.2. The Morgan fingerprint density at radius 2 is 1.96 bits per heavy atom. The summed E-state index contributed by atoms with van der Waals surface area (Å²) in [6.45, 7) is 1.81. The van der Waals surface area contributed by atoms with Gasteiger partial charge in [0.15, 0.2) is 11.5 Å². The van der Waals surface area contributed by atoms with Crippen LogP contribution in [-0.2, 0) is 0 Å². The zero-order chi connectivity index (χ0) is 16.7. The van der Waals surface area contributed by atoms with Crippen molar-refractivity contribution < 1.29 is 8.94 Å². The highest BCUT2D eigenvalue weighted by Gasteiger charge is 2.15. The van der Waals surface area contributed by atoms with Crippen LogP contribution in [0.4, 0.5) is 0 Å². The Hall–Kier alpha value is -2.31. The molecule has 0 N–H and O–H groups in total. The zero-order valence-electron chi connectivity index (χ0n) is 12.9. The topological polar surface area (TPSA) is 65.0 Å². The van der Waals surface area contributed by atoms with Gasteiger partial charge in [-0.1, -0.05) is 16.8 Å². The molecule has 0 aliphatic carbocycles. The van der Waals surface area contributed by atoms with Gasteiger partial charge < -0.3 is 8.94 Å². The molecule has 2 aromatic heterocycles. The van der Waals surface area contributed by atoms with Gasteiger partial charge in [0.2, 0.25) is 5.82 Å². The van der Waals surface area contributed by atoms with Crippen LogP contribution in [-0.4, -0.2) is 21.4 Å². The van der Waals surface area contributed by atoms with Gasteiger partial charge in [0.25, 0.3) is 5.89 Å². The average molecular weight is 358 g/mol. The first kappa shape index (κ1) is 15.2. The number of fused-ring (bicyclic) bond motifs is 1. The third-order valence-electron chi connectivity index (χ3n) is 3.58. The lowest BCUT2D eigenvalue weighted by Gasteiger charge is -2.01. The minimum Gasteiger partial charge on any atom is -0.441 e. The smallest absolute Gasteiger partial charge is 0.259 e. The summed E-state index contributed by atoms with van der Waals surface area (Å²) in [7, 11) is 0. The molecule has 0 fully saturated rings. The number of oxazole rings is 1. The minimum absolute atomic E-state index is 0.391. The summed E-state index contributed by atoms with van der Waals surface area (Å²) in [6, 6.07) is 11.3. The first-order chi connectivity index (χ1) is 11.6. The fraction of sp³-hybridized carbons (Fsp3) is 0.118. The number of nitrogens with zero attached hydrogens (tertiary/aromatic N) is 3.